The molecule has 2 amide bonds. The number of benzene rings is 1. The Morgan fingerprint density at radius 1 is 1.21 bits per heavy atom. The van der Waals surface area contributed by atoms with E-state index in [4.69, 9.17) is 21.1 Å². The maximum atomic E-state index is 13.3. The number of nitrogens with one attached hydrogen (secondary N) is 1. The first-order valence-electron chi connectivity index (χ1n) is 9.02. The van der Waals surface area contributed by atoms with E-state index >= 15 is 0 Å². The van der Waals surface area contributed by atoms with Gasteiger partial charge in [0.25, 0.3) is 5.91 Å². The molecular weight excluding hydrogens is 410 g/mol. The highest BCUT2D eigenvalue weighted by molar-refractivity contribution is 7.89. The number of hydrogen-bond acceptors (Lipinski definition) is 6. The van der Waals surface area contributed by atoms with Gasteiger partial charge in [-0.3, -0.25) is 9.59 Å². The monoisotopic (exact) mass is 429 g/mol. The third-order valence-electron chi connectivity index (χ3n) is 5.07. The van der Waals surface area contributed by atoms with Crippen molar-refractivity contribution in [3.05, 3.63) is 17.2 Å². The van der Waals surface area contributed by atoms with Gasteiger partial charge in [0.15, 0.2) is 6.61 Å². The fourth-order valence-corrected chi connectivity index (χ4v) is 5.84. The van der Waals surface area contributed by atoms with Gasteiger partial charge < -0.3 is 19.7 Å². The Morgan fingerprint density at radius 3 is 2.71 bits per heavy atom. The van der Waals surface area contributed by atoms with Crippen LogP contribution >= 0.6 is 11.6 Å². The number of anilines is 1. The lowest BCUT2D eigenvalue weighted by molar-refractivity contribution is -0.138. The van der Waals surface area contributed by atoms with E-state index in [2.05, 4.69) is 5.32 Å². The van der Waals surface area contributed by atoms with Gasteiger partial charge in [-0.2, -0.15) is 4.31 Å². The Kier molecular flexibility index (Phi) is 5.21. The predicted octanol–water partition coefficient (Wildman–Crippen LogP) is 0.683. The minimum atomic E-state index is -4.02. The van der Waals surface area contributed by atoms with Crippen LogP contribution in [0, 0.1) is 0 Å². The van der Waals surface area contributed by atoms with E-state index in [1.54, 1.807) is 4.90 Å². The van der Waals surface area contributed by atoms with E-state index in [0.717, 1.165) is 0 Å². The molecule has 28 heavy (non-hydrogen) atoms. The number of amides is 2. The topological polar surface area (TPSA) is 105 Å². The molecule has 0 aliphatic carbocycles. The lowest BCUT2D eigenvalue weighted by atomic mass is 10.2. The maximum absolute atomic E-state index is 13.3. The van der Waals surface area contributed by atoms with Gasteiger partial charge in [-0.1, -0.05) is 11.6 Å². The van der Waals surface area contributed by atoms with Crippen LogP contribution in [0.2, 0.25) is 5.02 Å². The maximum Gasteiger partial charge on any atom is 0.262 e. The first-order valence-corrected chi connectivity index (χ1v) is 10.8. The molecule has 0 aromatic heterocycles. The molecule has 1 aromatic carbocycles. The van der Waals surface area contributed by atoms with Gasteiger partial charge in [0.05, 0.1) is 23.9 Å². The Balaban J connectivity index is 1.64. The van der Waals surface area contributed by atoms with Crippen molar-refractivity contribution in [2.45, 2.75) is 23.8 Å². The molecule has 9 nitrogen and oxygen atoms in total. The molecular formula is C17H20ClN3O6S. The van der Waals surface area contributed by atoms with Gasteiger partial charge in [-0.15, -0.1) is 0 Å². The van der Waals surface area contributed by atoms with Crippen LogP contribution in [0.1, 0.15) is 12.8 Å². The zero-order chi connectivity index (χ0) is 19.9. The van der Waals surface area contributed by atoms with E-state index in [9.17, 15) is 18.0 Å². The van der Waals surface area contributed by atoms with Crippen LogP contribution in [-0.2, 0) is 24.3 Å². The number of ether oxygens (including phenoxy) is 2. The van der Waals surface area contributed by atoms with Gasteiger partial charge in [-0.25, -0.2) is 8.42 Å². The zero-order valence-corrected chi connectivity index (χ0v) is 16.6. The summed E-state index contributed by atoms with van der Waals surface area (Å²) >= 11 is 6.22. The first-order chi connectivity index (χ1) is 13.4. The SMILES string of the molecule is O=C1COc2cc(S(=O)(=O)N3CCC[C@@H]3C(=O)N3CCOCC3)c(Cl)cc2N1. The summed E-state index contributed by atoms with van der Waals surface area (Å²) in [5.74, 6) is -0.310. The molecule has 2 saturated heterocycles. The fraction of sp³-hybridized carbons (Fsp3) is 0.529. The molecule has 152 valence electrons. The minimum Gasteiger partial charge on any atom is -0.482 e. The quantitative estimate of drug-likeness (QED) is 0.757. The lowest BCUT2D eigenvalue weighted by Gasteiger charge is -2.32. The van der Waals surface area contributed by atoms with E-state index in [1.165, 1.54) is 16.4 Å². The number of nitrogens with zero attached hydrogens (tertiary/aromatic N) is 2. The molecule has 2 fully saturated rings. The summed E-state index contributed by atoms with van der Waals surface area (Å²) in [6.07, 6.45) is 1.06. The van der Waals surface area contributed by atoms with Crippen LogP contribution in [-0.4, -0.2) is 74.9 Å². The highest BCUT2D eigenvalue weighted by Gasteiger charge is 2.42. The molecule has 0 saturated carbocycles. The van der Waals surface area contributed by atoms with E-state index < -0.39 is 16.1 Å². The number of hydrogen-bond donors (Lipinski definition) is 1. The molecule has 3 aliphatic heterocycles. The fourth-order valence-electron chi connectivity index (χ4n) is 3.67. The summed E-state index contributed by atoms with van der Waals surface area (Å²) in [6.45, 7) is 1.85. The van der Waals surface area contributed by atoms with Gasteiger partial charge >= 0.3 is 0 Å². The molecule has 0 unspecified atom stereocenters. The van der Waals surface area contributed by atoms with E-state index in [-0.39, 0.29) is 40.6 Å². The second-order valence-corrected chi connectivity index (χ2v) is 9.09. The number of carbonyl (C=O) groups excluding carboxylic acids is 2. The lowest BCUT2D eigenvalue weighted by Crippen LogP contribution is -2.51. The second-order valence-electron chi connectivity index (χ2n) is 6.83. The Morgan fingerprint density at radius 2 is 1.96 bits per heavy atom. The average Bonchev–Trinajstić information content (AvgIpc) is 3.18. The standard InChI is InChI=1S/C17H20ClN3O6S/c18-11-8-12-14(27-10-16(22)19-12)9-15(11)28(24,25)21-3-1-2-13(21)17(23)20-4-6-26-7-5-20/h8-9,13H,1-7,10H2,(H,19,22)/t13-/m1/s1. The number of halogens is 1. The van der Waals surface area contributed by atoms with Crippen molar-refractivity contribution >= 4 is 39.1 Å². The van der Waals surface area contributed by atoms with Crippen LogP contribution in [0.15, 0.2) is 17.0 Å². The normalized spacial score (nSPS) is 23.1. The number of carbonyl (C=O) groups is 2. The molecule has 0 bridgehead atoms. The van der Waals surface area contributed by atoms with Crippen molar-refractivity contribution in [1.29, 1.82) is 0 Å². The van der Waals surface area contributed by atoms with Crippen molar-refractivity contribution in [2.75, 3.05) is 44.8 Å². The molecule has 3 heterocycles. The number of fused-ring (bicyclic) bond motifs is 1. The molecule has 0 radical (unpaired) electrons. The van der Waals surface area contributed by atoms with Crippen LogP contribution in [0.25, 0.3) is 0 Å². The van der Waals surface area contributed by atoms with Crippen molar-refractivity contribution in [2.24, 2.45) is 0 Å². The highest BCUT2D eigenvalue weighted by Crippen LogP contribution is 2.38. The average molecular weight is 430 g/mol. The molecule has 1 N–H and O–H groups in total. The van der Waals surface area contributed by atoms with E-state index in [1.807, 2.05) is 0 Å². The number of rotatable bonds is 3. The molecule has 1 aromatic rings. The minimum absolute atomic E-state index is 0.0333. The third-order valence-corrected chi connectivity index (χ3v) is 7.44. The largest absolute Gasteiger partial charge is 0.482 e. The summed E-state index contributed by atoms with van der Waals surface area (Å²) in [7, 11) is -4.02. The van der Waals surface area contributed by atoms with Gasteiger partial charge in [0.1, 0.15) is 16.7 Å². The van der Waals surface area contributed by atoms with Gasteiger partial charge in [0.2, 0.25) is 15.9 Å². The van der Waals surface area contributed by atoms with Crippen LogP contribution in [0.3, 0.4) is 0 Å². The Hall–Kier alpha value is -1.88. The Labute approximate surface area is 167 Å². The highest BCUT2D eigenvalue weighted by atomic mass is 35.5. The van der Waals surface area contributed by atoms with Crippen LogP contribution in [0.4, 0.5) is 5.69 Å². The van der Waals surface area contributed by atoms with E-state index in [0.29, 0.717) is 44.8 Å². The van der Waals surface area contributed by atoms with Crippen LogP contribution in [0.5, 0.6) is 5.75 Å². The van der Waals surface area contributed by atoms with Gasteiger partial charge in [0, 0.05) is 25.7 Å². The van der Waals surface area contributed by atoms with Crippen LogP contribution < -0.4 is 10.1 Å². The number of morpholine rings is 1. The third kappa shape index (κ3) is 3.45. The predicted molar refractivity (Wildman–Crippen MR) is 99.9 cm³/mol. The Bertz CT molecular complexity index is 916. The second kappa shape index (κ2) is 7.51. The number of sulfonamides is 1. The first kappa shape index (κ1) is 19.4. The summed E-state index contributed by atoms with van der Waals surface area (Å²) in [4.78, 5) is 25.9. The van der Waals surface area contributed by atoms with Crippen molar-refractivity contribution in [1.82, 2.24) is 9.21 Å². The van der Waals surface area contributed by atoms with Crippen molar-refractivity contribution < 1.29 is 27.5 Å². The van der Waals surface area contributed by atoms with Crippen molar-refractivity contribution in [3.8, 4) is 5.75 Å². The summed E-state index contributed by atoms with van der Waals surface area (Å²) < 4.78 is 38.4. The zero-order valence-electron chi connectivity index (χ0n) is 15.0. The molecule has 1 atom stereocenters. The smallest absolute Gasteiger partial charge is 0.262 e. The summed E-state index contributed by atoms with van der Waals surface area (Å²) in [5, 5.41) is 2.56. The van der Waals surface area contributed by atoms with Crippen molar-refractivity contribution in [3.63, 3.8) is 0 Å². The molecule has 11 heteroatoms. The van der Waals surface area contributed by atoms with Gasteiger partial charge in [-0.05, 0) is 18.9 Å². The summed E-state index contributed by atoms with van der Waals surface area (Å²) in [5.41, 5.74) is 0.322. The molecule has 4 rings (SSSR count). The molecule has 3 aliphatic rings. The summed E-state index contributed by atoms with van der Waals surface area (Å²) in [6, 6.07) is 1.91. The molecule has 0 spiro atoms.